The lowest BCUT2D eigenvalue weighted by Gasteiger charge is -2.10. The summed E-state index contributed by atoms with van der Waals surface area (Å²) in [5.41, 5.74) is 0.184. The van der Waals surface area contributed by atoms with Crippen molar-refractivity contribution in [1.82, 2.24) is 9.97 Å². The first kappa shape index (κ1) is 15.2. The number of ether oxygens (including phenoxy) is 1. The number of imidazole rings is 1. The van der Waals surface area contributed by atoms with E-state index in [1.165, 1.54) is 30.6 Å². The van der Waals surface area contributed by atoms with Gasteiger partial charge in [-0.3, -0.25) is 4.72 Å². The molecule has 0 aliphatic heterocycles. The summed E-state index contributed by atoms with van der Waals surface area (Å²) in [5, 5.41) is -0.125. The van der Waals surface area contributed by atoms with Gasteiger partial charge >= 0.3 is 6.18 Å². The lowest BCUT2D eigenvalue weighted by atomic mass is 10.3. The van der Waals surface area contributed by atoms with E-state index in [-0.39, 0.29) is 16.5 Å². The monoisotopic (exact) mass is 321 g/mol. The number of aromatic nitrogens is 2. The summed E-state index contributed by atoms with van der Waals surface area (Å²) >= 11 is 0. The zero-order valence-corrected chi connectivity index (χ0v) is 11.2. The predicted octanol–water partition coefficient (Wildman–Crippen LogP) is 2.15. The van der Waals surface area contributed by atoms with Gasteiger partial charge < -0.3 is 9.72 Å². The molecule has 114 valence electrons. The summed E-state index contributed by atoms with van der Waals surface area (Å²) in [6.45, 7) is -1.41. The molecule has 0 amide bonds. The first-order valence-electron chi connectivity index (χ1n) is 5.57. The molecule has 0 saturated carbocycles. The molecule has 0 radical (unpaired) electrons. The van der Waals surface area contributed by atoms with Crippen molar-refractivity contribution in [2.75, 3.05) is 11.3 Å². The molecular weight excluding hydrogens is 311 g/mol. The van der Waals surface area contributed by atoms with Crippen LogP contribution in [0.2, 0.25) is 0 Å². The van der Waals surface area contributed by atoms with Crippen LogP contribution in [0.4, 0.5) is 18.9 Å². The average molecular weight is 321 g/mol. The largest absolute Gasteiger partial charge is 0.484 e. The number of hydrogen-bond acceptors (Lipinski definition) is 4. The van der Waals surface area contributed by atoms with Gasteiger partial charge in [-0.15, -0.1) is 0 Å². The Morgan fingerprint density at radius 2 is 1.90 bits per heavy atom. The van der Waals surface area contributed by atoms with E-state index in [0.29, 0.717) is 0 Å². The minimum Gasteiger partial charge on any atom is -0.484 e. The number of halogens is 3. The number of sulfonamides is 1. The number of aromatic amines is 1. The van der Waals surface area contributed by atoms with Gasteiger partial charge in [0.2, 0.25) is 0 Å². The Kier molecular flexibility index (Phi) is 4.07. The molecule has 0 spiro atoms. The fraction of sp³-hybridized carbons (Fsp3) is 0.182. The number of hydrogen-bond donors (Lipinski definition) is 2. The highest BCUT2D eigenvalue weighted by atomic mass is 32.2. The van der Waals surface area contributed by atoms with Gasteiger partial charge in [0.15, 0.2) is 11.6 Å². The van der Waals surface area contributed by atoms with E-state index >= 15 is 0 Å². The van der Waals surface area contributed by atoms with E-state index in [1.807, 2.05) is 0 Å². The highest BCUT2D eigenvalue weighted by Gasteiger charge is 2.28. The molecule has 1 aromatic heterocycles. The van der Waals surface area contributed by atoms with Gasteiger partial charge in [0.05, 0.1) is 12.5 Å². The zero-order chi connectivity index (χ0) is 15.5. The van der Waals surface area contributed by atoms with Crippen LogP contribution >= 0.6 is 0 Å². The molecule has 1 heterocycles. The number of nitrogens with zero attached hydrogens (tertiary/aromatic N) is 1. The highest BCUT2D eigenvalue weighted by molar-refractivity contribution is 7.92. The molecule has 0 aliphatic rings. The Morgan fingerprint density at radius 3 is 2.43 bits per heavy atom. The summed E-state index contributed by atoms with van der Waals surface area (Å²) in [6.07, 6.45) is -2.09. The van der Waals surface area contributed by atoms with Gasteiger partial charge in [-0.25, -0.2) is 4.98 Å². The summed E-state index contributed by atoms with van der Waals surface area (Å²) in [5.74, 6) is -0.0168. The minimum atomic E-state index is -4.43. The summed E-state index contributed by atoms with van der Waals surface area (Å²) < 4.78 is 66.4. The van der Waals surface area contributed by atoms with Crippen molar-refractivity contribution in [1.29, 1.82) is 0 Å². The van der Waals surface area contributed by atoms with Crippen LogP contribution in [0.15, 0.2) is 41.8 Å². The summed E-state index contributed by atoms with van der Waals surface area (Å²) in [7, 11) is -3.81. The molecule has 0 atom stereocenters. The molecular formula is C11H10F3N3O3S. The summed E-state index contributed by atoms with van der Waals surface area (Å²) in [6, 6.07) is 5.05. The smallest absolute Gasteiger partial charge is 0.422 e. The number of H-pyrrole nitrogens is 1. The topological polar surface area (TPSA) is 84.1 Å². The SMILES string of the molecule is O=S(=O)(Nc1ccc(OCC(F)(F)F)cc1)c1cnc[nH]1. The zero-order valence-electron chi connectivity index (χ0n) is 10.4. The molecule has 2 aromatic rings. The fourth-order valence-electron chi connectivity index (χ4n) is 1.38. The van der Waals surface area contributed by atoms with E-state index < -0.39 is 22.8 Å². The van der Waals surface area contributed by atoms with Gasteiger partial charge in [0.1, 0.15) is 5.75 Å². The maximum Gasteiger partial charge on any atom is 0.422 e. The Morgan fingerprint density at radius 1 is 1.24 bits per heavy atom. The van der Waals surface area contributed by atoms with Gasteiger partial charge in [0.25, 0.3) is 10.0 Å². The van der Waals surface area contributed by atoms with Crippen LogP contribution in [0.25, 0.3) is 0 Å². The lowest BCUT2D eigenvalue weighted by Crippen LogP contribution is -2.19. The Labute approximate surface area is 118 Å². The number of anilines is 1. The van der Waals surface area contributed by atoms with Crippen LogP contribution in [0.5, 0.6) is 5.75 Å². The van der Waals surface area contributed by atoms with Crippen molar-refractivity contribution in [3.8, 4) is 5.75 Å². The number of rotatable bonds is 5. The second-order valence-corrected chi connectivity index (χ2v) is 5.60. The Balaban J connectivity index is 2.03. The molecule has 2 rings (SSSR count). The van der Waals surface area contributed by atoms with Crippen LogP contribution < -0.4 is 9.46 Å². The average Bonchev–Trinajstić information content (AvgIpc) is 2.91. The third kappa shape index (κ3) is 4.38. The third-order valence-electron chi connectivity index (χ3n) is 2.27. The van der Waals surface area contributed by atoms with Gasteiger partial charge in [-0.05, 0) is 24.3 Å². The second-order valence-electron chi connectivity index (χ2n) is 3.95. The molecule has 2 N–H and O–H groups in total. The molecule has 0 saturated heterocycles. The van der Waals surface area contributed by atoms with Crippen molar-refractivity contribution < 1.29 is 26.3 Å². The molecule has 6 nitrogen and oxygen atoms in total. The van der Waals surface area contributed by atoms with E-state index in [1.54, 1.807) is 0 Å². The van der Waals surface area contributed by atoms with Crippen molar-refractivity contribution in [2.45, 2.75) is 11.2 Å². The standard InChI is InChI=1S/C11H10F3N3O3S/c12-11(13,14)6-20-9-3-1-8(2-4-9)17-21(18,19)10-5-15-7-16-10/h1-5,7,17H,6H2,(H,15,16). The van der Waals surface area contributed by atoms with Gasteiger partial charge in [0, 0.05) is 5.69 Å². The maximum absolute atomic E-state index is 12.0. The van der Waals surface area contributed by atoms with Crippen LogP contribution in [0.3, 0.4) is 0 Å². The maximum atomic E-state index is 12.0. The first-order valence-corrected chi connectivity index (χ1v) is 7.05. The van der Waals surface area contributed by atoms with Crippen LogP contribution in [0, 0.1) is 0 Å². The molecule has 0 unspecified atom stereocenters. The third-order valence-corrected chi connectivity index (χ3v) is 3.58. The highest BCUT2D eigenvalue weighted by Crippen LogP contribution is 2.21. The van der Waals surface area contributed by atoms with Gasteiger partial charge in [-0.1, -0.05) is 0 Å². The van der Waals surface area contributed by atoms with Gasteiger partial charge in [-0.2, -0.15) is 21.6 Å². The first-order chi connectivity index (χ1) is 9.76. The Hall–Kier alpha value is -2.23. The van der Waals surface area contributed by atoms with Crippen LogP contribution in [0.1, 0.15) is 0 Å². The molecule has 0 aliphatic carbocycles. The van der Waals surface area contributed by atoms with E-state index in [2.05, 4.69) is 19.4 Å². The van der Waals surface area contributed by atoms with Crippen molar-refractivity contribution >= 4 is 15.7 Å². The molecule has 0 fully saturated rings. The van der Waals surface area contributed by atoms with E-state index in [9.17, 15) is 21.6 Å². The molecule has 21 heavy (non-hydrogen) atoms. The molecule has 0 bridgehead atoms. The van der Waals surface area contributed by atoms with E-state index in [0.717, 1.165) is 6.20 Å². The number of alkyl halides is 3. The van der Waals surface area contributed by atoms with E-state index in [4.69, 9.17) is 0 Å². The van der Waals surface area contributed by atoms with Crippen molar-refractivity contribution in [3.63, 3.8) is 0 Å². The normalized spacial score (nSPS) is 12.1. The van der Waals surface area contributed by atoms with Crippen molar-refractivity contribution in [3.05, 3.63) is 36.8 Å². The van der Waals surface area contributed by atoms with Crippen molar-refractivity contribution in [2.24, 2.45) is 0 Å². The predicted molar refractivity (Wildman–Crippen MR) is 67.4 cm³/mol. The minimum absolute atomic E-state index is 0.0168. The number of nitrogens with one attached hydrogen (secondary N) is 2. The van der Waals surface area contributed by atoms with Crippen LogP contribution in [-0.2, 0) is 10.0 Å². The molecule has 1 aromatic carbocycles. The van der Waals surface area contributed by atoms with Crippen LogP contribution in [-0.4, -0.2) is 31.2 Å². The quantitative estimate of drug-likeness (QED) is 0.884. The molecule has 10 heteroatoms. The second kappa shape index (κ2) is 5.64. The Bertz CT molecular complexity index is 682. The number of benzene rings is 1. The lowest BCUT2D eigenvalue weighted by molar-refractivity contribution is -0.153. The fourth-order valence-corrected chi connectivity index (χ4v) is 2.35. The summed E-state index contributed by atoms with van der Waals surface area (Å²) in [4.78, 5) is 6.02.